The molecule has 0 aromatic heterocycles. The highest BCUT2D eigenvalue weighted by molar-refractivity contribution is 14.0. The Morgan fingerprint density at radius 2 is 2.08 bits per heavy atom. The van der Waals surface area contributed by atoms with Gasteiger partial charge in [-0.1, -0.05) is 6.07 Å². The zero-order valence-electron chi connectivity index (χ0n) is 15.1. The van der Waals surface area contributed by atoms with Crippen molar-refractivity contribution in [1.82, 2.24) is 10.6 Å². The van der Waals surface area contributed by atoms with Gasteiger partial charge in [0.2, 0.25) is 0 Å². The third-order valence-electron chi connectivity index (χ3n) is 4.94. The minimum Gasteiger partial charge on any atom is -0.508 e. The summed E-state index contributed by atoms with van der Waals surface area (Å²) in [6.07, 6.45) is 5.00. The molecule has 8 heteroatoms. The van der Waals surface area contributed by atoms with E-state index in [2.05, 4.69) is 15.6 Å². The Balaban J connectivity index is 0.00000243. The van der Waals surface area contributed by atoms with Crippen LogP contribution in [0, 0.1) is 0 Å². The van der Waals surface area contributed by atoms with Crippen molar-refractivity contribution in [3.05, 3.63) is 28.8 Å². The summed E-state index contributed by atoms with van der Waals surface area (Å²) in [7, 11) is -2.93. The van der Waals surface area contributed by atoms with Gasteiger partial charge in [0.25, 0.3) is 0 Å². The molecule has 2 aliphatic rings. The quantitative estimate of drug-likeness (QED) is 0.340. The molecule has 0 amide bonds. The lowest BCUT2D eigenvalue weighted by Crippen LogP contribution is -2.44. The van der Waals surface area contributed by atoms with Gasteiger partial charge in [0, 0.05) is 18.2 Å². The number of nitrogens with one attached hydrogen (secondary N) is 2. The number of nitrogens with zero attached hydrogens (tertiary/aromatic N) is 1. The second kappa shape index (κ2) is 9.25. The molecule has 1 atom stereocenters. The molecule has 1 aromatic carbocycles. The van der Waals surface area contributed by atoms with Crippen molar-refractivity contribution in [2.75, 3.05) is 18.1 Å². The van der Waals surface area contributed by atoms with E-state index in [0.717, 1.165) is 24.8 Å². The summed E-state index contributed by atoms with van der Waals surface area (Å²) in [6, 6.07) is 3.68. The lowest BCUT2D eigenvalue weighted by molar-refractivity contribution is 0.465. The van der Waals surface area contributed by atoms with Crippen molar-refractivity contribution in [3.8, 4) is 5.75 Å². The molecule has 0 radical (unpaired) electrons. The second-order valence-electron chi connectivity index (χ2n) is 6.85. The van der Waals surface area contributed by atoms with Crippen LogP contribution in [-0.4, -0.2) is 43.6 Å². The Hall–Kier alpha value is -1.03. The number of sulfone groups is 1. The molecule has 0 bridgehead atoms. The van der Waals surface area contributed by atoms with Crippen LogP contribution in [0.1, 0.15) is 42.9 Å². The van der Waals surface area contributed by atoms with Gasteiger partial charge in [0.05, 0.1) is 18.1 Å². The molecule has 1 fully saturated rings. The number of phenolic OH excluding ortho intramolecular Hbond substituents is 1. The third-order valence-corrected chi connectivity index (χ3v) is 6.71. The predicted molar refractivity (Wildman–Crippen MR) is 115 cm³/mol. The fourth-order valence-electron chi connectivity index (χ4n) is 3.65. The van der Waals surface area contributed by atoms with Crippen LogP contribution in [0.3, 0.4) is 0 Å². The smallest absolute Gasteiger partial charge is 0.191 e. The van der Waals surface area contributed by atoms with Crippen LogP contribution in [0.15, 0.2) is 17.1 Å². The van der Waals surface area contributed by atoms with E-state index in [-0.39, 0.29) is 41.5 Å². The van der Waals surface area contributed by atoms with Crippen molar-refractivity contribution in [2.24, 2.45) is 4.99 Å². The average molecular weight is 493 g/mol. The summed E-state index contributed by atoms with van der Waals surface area (Å²) in [5, 5.41) is 16.7. The molecule has 6 nitrogen and oxygen atoms in total. The van der Waals surface area contributed by atoms with Crippen molar-refractivity contribution in [1.29, 1.82) is 0 Å². The first-order valence-corrected chi connectivity index (χ1v) is 10.9. The minimum atomic E-state index is -2.93. The van der Waals surface area contributed by atoms with Crippen LogP contribution in [0.2, 0.25) is 0 Å². The van der Waals surface area contributed by atoms with E-state index >= 15 is 0 Å². The number of benzene rings is 1. The molecule has 1 unspecified atom stereocenters. The normalized spacial score (nSPS) is 21.6. The topological polar surface area (TPSA) is 90.8 Å². The van der Waals surface area contributed by atoms with Crippen LogP contribution >= 0.6 is 24.0 Å². The molecule has 1 aliphatic carbocycles. The van der Waals surface area contributed by atoms with Crippen molar-refractivity contribution < 1.29 is 13.5 Å². The highest BCUT2D eigenvalue weighted by Crippen LogP contribution is 2.31. The van der Waals surface area contributed by atoms with Gasteiger partial charge in [-0.05, 0) is 56.2 Å². The summed E-state index contributed by atoms with van der Waals surface area (Å²) in [5.41, 5.74) is 3.44. The largest absolute Gasteiger partial charge is 0.508 e. The van der Waals surface area contributed by atoms with Gasteiger partial charge >= 0.3 is 0 Å². The van der Waals surface area contributed by atoms with Crippen molar-refractivity contribution >= 4 is 39.8 Å². The highest BCUT2D eigenvalue weighted by Gasteiger charge is 2.28. The number of rotatable bonds is 4. The highest BCUT2D eigenvalue weighted by atomic mass is 127. The Labute approximate surface area is 172 Å². The zero-order chi connectivity index (χ0) is 17.9. The molecule has 146 valence electrons. The summed E-state index contributed by atoms with van der Waals surface area (Å²) < 4.78 is 23.3. The first-order chi connectivity index (χ1) is 12.0. The number of hydrogen-bond acceptors (Lipinski definition) is 4. The Morgan fingerprint density at radius 3 is 2.77 bits per heavy atom. The van der Waals surface area contributed by atoms with E-state index in [4.69, 9.17) is 0 Å². The molecular formula is C18H28IN3O3S. The monoisotopic (exact) mass is 493 g/mol. The standard InChI is InChI=1S/C18H27N3O3S.HI/c1-2-19-18(21-14-9-10-25(23,24)12-14)20-11-16-15-6-4-3-5-13(15)7-8-17(16)22;/h7-8,14,22H,2-6,9-12H2,1H3,(H2,19,20,21);1H. The molecule has 0 spiro atoms. The van der Waals surface area contributed by atoms with Crippen LogP contribution in [0.5, 0.6) is 5.75 Å². The van der Waals surface area contributed by atoms with Gasteiger partial charge in [-0.15, -0.1) is 24.0 Å². The van der Waals surface area contributed by atoms with Gasteiger partial charge < -0.3 is 15.7 Å². The first-order valence-electron chi connectivity index (χ1n) is 9.06. The lowest BCUT2D eigenvalue weighted by Gasteiger charge is -2.20. The third kappa shape index (κ3) is 5.25. The maximum Gasteiger partial charge on any atom is 0.191 e. The maximum absolute atomic E-state index is 11.6. The number of halogens is 1. The maximum atomic E-state index is 11.6. The van der Waals surface area contributed by atoms with Gasteiger partial charge in [0.15, 0.2) is 15.8 Å². The molecule has 3 N–H and O–H groups in total. The Bertz CT molecular complexity index is 765. The SMILES string of the molecule is CCNC(=NCc1c(O)ccc2c1CCCC2)NC1CCS(=O)(=O)C1.I. The number of guanidine groups is 1. The van der Waals surface area contributed by atoms with Gasteiger partial charge in [0.1, 0.15) is 5.75 Å². The summed E-state index contributed by atoms with van der Waals surface area (Å²) in [5.74, 6) is 1.29. The van der Waals surface area contributed by atoms with Crippen LogP contribution in [0.4, 0.5) is 0 Å². The number of fused-ring (bicyclic) bond motifs is 1. The molecule has 1 heterocycles. The van der Waals surface area contributed by atoms with E-state index in [1.54, 1.807) is 6.07 Å². The van der Waals surface area contributed by atoms with E-state index in [9.17, 15) is 13.5 Å². The molecule has 1 aliphatic heterocycles. The van der Waals surface area contributed by atoms with Crippen LogP contribution in [-0.2, 0) is 29.2 Å². The summed E-state index contributed by atoms with van der Waals surface area (Å²) in [4.78, 5) is 4.60. The fourth-order valence-corrected chi connectivity index (χ4v) is 5.32. The van der Waals surface area contributed by atoms with Crippen molar-refractivity contribution in [2.45, 2.75) is 51.6 Å². The number of aryl methyl sites for hydroxylation is 1. The van der Waals surface area contributed by atoms with Gasteiger partial charge in [-0.25, -0.2) is 13.4 Å². The number of aromatic hydroxyl groups is 1. The van der Waals surface area contributed by atoms with Crippen LogP contribution < -0.4 is 10.6 Å². The van der Waals surface area contributed by atoms with E-state index in [0.29, 0.717) is 31.2 Å². The minimum absolute atomic E-state index is 0. The average Bonchev–Trinajstić information content (AvgIpc) is 2.92. The zero-order valence-corrected chi connectivity index (χ0v) is 18.3. The number of aliphatic imine (C=N–C) groups is 1. The lowest BCUT2D eigenvalue weighted by atomic mass is 9.88. The second-order valence-corrected chi connectivity index (χ2v) is 9.08. The molecule has 3 rings (SSSR count). The molecule has 26 heavy (non-hydrogen) atoms. The van der Waals surface area contributed by atoms with Crippen LogP contribution in [0.25, 0.3) is 0 Å². The number of phenols is 1. The Kier molecular flexibility index (Phi) is 7.57. The predicted octanol–water partition coefficient (Wildman–Crippen LogP) is 2.13. The van der Waals surface area contributed by atoms with E-state index < -0.39 is 9.84 Å². The van der Waals surface area contributed by atoms with E-state index in [1.807, 2.05) is 13.0 Å². The van der Waals surface area contributed by atoms with E-state index in [1.165, 1.54) is 17.5 Å². The van der Waals surface area contributed by atoms with Gasteiger partial charge in [-0.3, -0.25) is 0 Å². The molecule has 1 aromatic rings. The first kappa shape index (κ1) is 21.3. The number of hydrogen-bond donors (Lipinski definition) is 3. The summed E-state index contributed by atoms with van der Waals surface area (Å²) >= 11 is 0. The molecule has 0 saturated carbocycles. The molecular weight excluding hydrogens is 465 g/mol. The van der Waals surface area contributed by atoms with Gasteiger partial charge in [-0.2, -0.15) is 0 Å². The summed E-state index contributed by atoms with van der Waals surface area (Å²) in [6.45, 7) is 3.07. The Morgan fingerprint density at radius 1 is 1.31 bits per heavy atom. The van der Waals surface area contributed by atoms with Crippen molar-refractivity contribution in [3.63, 3.8) is 0 Å². The molecule has 1 saturated heterocycles. The fraction of sp³-hybridized carbons (Fsp3) is 0.611.